The van der Waals surface area contributed by atoms with Gasteiger partial charge in [0.15, 0.2) is 6.61 Å². The molecule has 0 N–H and O–H groups in total. The zero-order valence-electron chi connectivity index (χ0n) is 18.6. The molecule has 3 aromatic rings. The molecule has 0 aliphatic carbocycles. The average Bonchev–Trinajstić information content (AvgIpc) is 3.30. The molecule has 34 heavy (non-hydrogen) atoms. The third-order valence-electron chi connectivity index (χ3n) is 5.37. The molecule has 0 saturated carbocycles. The molecule has 0 atom stereocenters. The number of halogens is 1. The van der Waals surface area contributed by atoms with Crippen LogP contribution in [0.5, 0.6) is 11.5 Å². The summed E-state index contributed by atoms with van der Waals surface area (Å²) in [6.45, 7) is 1.74. The first kappa shape index (κ1) is 22.9. The van der Waals surface area contributed by atoms with Crippen molar-refractivity contribution < 1.29 is 23.1 Å². The van der Waals surface area contributed by atoms with Crippen molar-refractivity contribution in [3.63, 3.8) is 0 Å². The highest BCUT2D eigenvalue weighted by atomic mass is 19.1. The van der Waals surface area contributed by atoms with Gasteiger partial charge in [0, 0.05) is 37.8 Å². The van der Waals surface area contributed by atoms with E-state index in [1.807, 2.05) is 35.2 Å². The third kappa shape index (κ3) is 5.35. The van der Waals surface area contributed by atoms with Gasteiger partial charge in [0.25, 0.3) is 5.91 Å². The standard InChI is InChI=1S/C25H23FN4O4/c1-32-22-5-3-2-4-18(22)6-11-23-28-21(16-27)25(34-23)30-14-12-29(13-15-30)24(31)17-33-20-9-7-19(26)8-10-20/h2-11H,12-15,17H2,1H3/b11-6+. The van der Waals surface area contributed by atoms with Gasteiger partial charge in [-0.2, -0.15) is 10.2 Å². The molecule has 1 amide bonds. The number of nitriles is 1. The summed E-state index contributed by atoms with van der Waals surface area (Å²) in [6, 6.07) is 15.1. The summed E-state index contributed by atoms with van der Waals surface area (Å²) in [5.41, 5.74) is 1.05. The number of anilines is 1. The molecule has 1 aliphatic rings. The van der Waals surface area contributed by atoms with E-state index in [1.54, 1.807) is 18.1 Å². The maximum absolute atomic E-state index is 13.0. The van der Waals surface area contributed by atoms with Crippen molar-refractivity contribution in [3.05, 3.63) is 71.5 Å². The van der Waals surface area contributed by atoms with Crippen molar-refractivity contribution in [2.45, 2.75) is 0 Å². The molecule has 0 spiro atoms. The maximum Gasteiger partial charge on any atom is 0.260 e. The Balaban J connectivity index is 1.36. The Morgan fingerprint density at radius 3 is 2.59 bits per heavy atom. The van der Waals surface area contributed by atoms with E-state index in [9.17, 15) is 14.4 Å². The van der Waals surface area contributed by atoms with Gasteiger partial charge < -0.3 is 23.7 Å². The van der Waals surface area contributed by atoms with Crippen LogP contribution in [0.4, 0.5) is 10.3 Å². The van der Waals surface area contributed by atoms with Gasteiger partial charge in [-0.05, 0) is 36.4 Å². The lowest BCUT2D eigenvalue weighted by atomic mass is 10.2. The second-order valence-electron chi connectivity index (χ2n) is 7.50. The first-order valence-corrected chi connectivity index (χ1v) is 10.7. The highest BCUT2D eigenvalue weighted by Gasteiger charge is 2.26. The fourth-order valence-corrected chi connectivity index (χ4v) is 3.58. The van der Waals surface area contributed by atoms with Gasteiger partial charge >= 0.3 is 0 Å². The van der Waals surface area contributed by atoms with Crippen LogP contribution in [0.1, 0.15) is 17.1 Å². The van der Waals surface area contributed by atoms with Crippen molar-refractivity contribution in [3.8, 4) is 17.6 Å². The van der Waals surface area contributed by atoms with E-state index in [1.165, 1.54) is 24.3 Å². The molecule has 0 radical (unpaired) electrons. The minimum atomic E-state index is -0.364. The monoisotopic (exact) mass is 462 g/mol. The second kappa shape index (κ2) is 10.5. The summed E-state index contributed by atoms with van der Waals surface area (Å²) in [6.07, 6.45) is 3.50. The number of nitrogens with zero attached hydrogens (tertiary/aromatic N) is 4. The molecule has 2 aromatic carbocycles. The van der Waals surface area contributed by atoms with Gasteiger partial charge in [0.05, 0.1) is 7.11 Å². The number of piperazine rings is 1. The summed E-state index contributed by atoms with van der Waals surface area (Å²) >= 11 is 0. The minimum absolute atomic E-state index is 0.130. The van der Waals surface area contributed by atoms with Crippen molar-refractivity contribution in [1.82, 2.24) is 9.88 Å². The lowest BCUT2D eigenvalue weighted by Crippen LogP contribution is -2.50. The summed E-state index contributed by atoms with van der Waals surface area (Å²) < 4.78 is 29.6. The van der Waals surface area contributed by atoms with Gasteiger partial charge in [-0.15, -0.1) is 0 Å². The van der Waals surface area contributed by atoms with Crippen molar-refractivity contribution >= 4 is 23.9 Å². The highest BCUT2D eigenvalue weighted by Crippen LogP contribution is 2.25. The van der Waals surface area contributed by atoms with E-state index in [4.69, 9.17) is 13.9 Å². The van der Waals surface area contributed by atoms with Crippen LogP contribution in [0.15, 0.2) is 52.9 Å². The Hall–Kier alpha value is -4.32. The summed E-state index contributed by atoms with van der Waals surface area (Å²) in [7, 11) is 1.60. The summed E-state index contributed by atoms with van der Waals surface area (Å²) in [4.78, 5) is 20.3. The number of rotatable bonds is 7. The molecular weight excluding hydrogens is 439 g/mol. The largest absolute Gasteiger partial charge is 0.496 e. The van der Waals surface area contributed by atoms with Gasteiger partial charge in [0.1, 0.15) is 23.4 Å². The number of benzene rings is 2. The Bertz CT molecular complexity index is 1210. The van der Waals surface area contributed by atoms with Crippen LogP contribution in [0.25, 0.3) is 12.2 Å². The first-order chi connectivity index (χ1) is 16.6. The Morgan fingerprint density at radius 2 is 1.88 bits per heavy atom. The fraction of sp³-hybridized carbons (Fsp3) is 0.240. The topological polar surface area (TPSA) is 91.8 Å². The molecule has 2 heterocycles. The molecule has 1 aromatic heterocycles. The van der Waals surface area contributed by atoms with Gasteiger partial charge in [-0.25, -0.2) is 4.39 Å². The molecule has 8 nitrogen and oxygen atoms in total. The van der Waals surface area contributed by atoms with Crippen LogP contribution < -0.4 is 14.4 Å². The van der Waals surface area contributed by atoms with Crippen LogP contribution in [0.3, 0.4) is 0 Å². The van der Waals surface area contributed by atoms with Crippen LogP contribution in [0, 0.1) is 17.1 Å². The minimum Gasteiger partial charge on any atom is -0.496 e. The lowest BCUT2D eigenvalue weighted by molar-refractivity contribution is -0.133. The predicted molar refractivity (Wildman–Crippen MR) is 124 cm³/mol. The molecule has 1 fully saturated rings. The number of oxazole rings is 1. The number of para-hydroxylation sites is 1. The van der Waals surface area contributed by atoms with Crippen LogP contribution in [-0.2, 0) is 4.79 Å². The van der Waals surface area contributed by atoms with Gasteiger partial charge in [-0.3, -0.25) is 4.79 Å². The number of hydrogen-bond donors (Lipinski definition) is 0. The quantitative estimate of drug-likeness (QED) is 0.530. The normalized spacial score (nSPS) is 13.7. The van der Waals surface area contributed by atoms with E-state index < -0.39 is 0 Å². The highest BCUT2D eigenvalue weighted by molar-refractivity contribution is 5.78. The first-order valence-electron chi connectivity index (χ1n) is 10.7. The van der Waals surface area contributed by atoms with Gasteiger partial charge in [0.2, 0.25) is 17.5 Å². The number of ether oxygens (including phenoxy) is 2. The van der Waals surface area contributed by atoms with E-state index in [-0.39, 0.29) is 24.0 Å². The number of hydrogen-bond acceptors (Lipinski definition) is 7. The SMILES string of the molecule is COc1ccccc1/C=C/c1nc(C#N)c(N2CCN(C(=O)COc3ccc(F)cc3)CC2)o1. The third-order valence-corrected chi connectivity index (χ3v) is 5.37. The van der Waals surface area contributed by atoms with E-state index in [2.05, 4.69) is 11.1 Å². The van der Waals surface area contributed by atoms with Crippen molar-refractivity contribution in [2.75, 3.05) is 44.8 Å². The summed E-state index contributed by atoms with van der Waals surface area (Å²) in [5, 5.41) is 9.52. The maximum atomic E-state index is 13.0. The number of aromatic nitrogens is 1. The zero-order valence-corrected chi connectivity index (χ0v) is 18.6. The Morgan fingerprint density at radius 1 is 1.15 bits per heavy atom. The van der Waals surface area contributed by atoms with E-state index >= 15 is 0 Å². The van der Waals surface area contributed by atoms with E-state index in [0.29, 0.717) is 43.7 Å². The van der Waals surface area contributed by atoms with Crippen LogP contribution in [0.2, 0.25) is 0 Å². The average molecular weight is 462 g/mol. The molecule has 0 bridgehead atoms. The van der Waals surface area contributed by atoms with E-state index in [0.717, 1.165) is 11.3 Å². The second-order valence-corrected chi connectivity index (χ2v) is 7.50. The Kier molecular flexibility index (Phi) is 7.08. The molecule has 9 heteroatoms. The molecule has 0 unspecified atom stereocenters. The zero-order chi connectivity index (χ0) is 23.9. The molecule has 1 saturated heterocycles. The van der Waals surface area contributed by atoms with Crippen molar-refractivity contribution in [1.29, 1.82) is 5.26 Å². The summed E-state index contributed by atoms with van der Waals surface area (Å²) in [5.74, 6) is 1.32. The number of carbonyl (C=O) groups excluding carboxylic acids is 1. The van der Waals surface area contributed by atoms with Crippen LogP contribution in [-0.4, -0.2) is 55.7 Å². The lowest BCUT2D eigenvalue weighted by Gasteiger charge is -2.34. The number of amides is 1. The number of methoxy groups -OCH3 is 1. The molecule has 4 rings (SSSR count). The smallest absolute Gasteiger partial charge is 0.260 e. The van der Waals surface area contributed by atoms with Gasteiger partial charge in [-0.1, -0.05) is 18.2 Å². The van der Waals surface area contributed by atoms with Crippen LogP contribution >= 0.6 is 0 Å². The molecular formula is C25H23FN4O4. The van der Waals surface area contributed by atoms with Crippen molar-refractivity contribution in [2.24, 2.45) is 0 Å². The Labute approximate surface area is 196 Å². The number of carbonyl (C=O) groups is 1. The molecule has 1 aliphatic heterocycles. The molecule has 174 valence electrons. The fourth-order valence-electron chi connectivity index (χ4n) is 3.58. The predicted octanol–water partition coefficient (Wildman–Crippen LogP) is 3.59.